The van der Waals surface area contributed by atoms with E-state index in [9.17, 15) is 19.2 Å². The van der Waals surface area contributed by atoms with Gasteiger partial charge in [0.15, 0.2) is 0 Å². The maximum atomic E-state index is 13.0. The van der Waals surface area contributed by atoms with Crippen LogP contribution in [0.25, 0.3) is 0 Å². The topological polar surface area (TPSA) is 114 Å². The Kier molecular flexibility index (Phi) is 8.83. The van der Waals surface area contributed by atoms with Gasteiger partial charge < -0.3 is 25.5 Å². The third-order valence-electron chi connectivity index (χ3n) is 5.34. The molecule has 0 aliphatic carbocycles. The lowest BCUT2D eigenvalue weighted by Gasteiger charge is -2.22. The maximum absolute atomic E-state index is 13.0. The molecule has 0 spiro atoms. The Morgan fingerprint density at radius 1 is 1.12 bits per heavy atom. The molecule has 0 radical (unpaired) electrons. The standard InChI is InChI=1S/C24H26ClN3O5/c25-19-8-4-7-17(11-19)15-33-24(32)28-21(12-16-5-2-1-3-6-16)23(31)27-20(14-29)13-18-9-10-26-22(18)30/h1-8,11,14,18,20-21H,9-10,12-13,15H2,(H,26,30)(H,27,31)(H,28,32)/t18?,20-,21-/m0/s1. The zero-order chi connectivity index (χ0) is 23.6. The molecule has 1 saturated heterocycles. The van der Waals surface area contributed by atoms with Crippen LogP contribution in [0.2, 0.25) is 5.02 Å². The fraction of sp³-hybridized carbons (Fsp3) is 0.333. The van der Waals surface area contributed by atoms with Crippen LogP contribution in [0.15, 0.2) is 54.6 Å². The second-order valence-electron chi connectivity index (χ2n) is 7.86. The fourth-order valence-electron chi connectivity index (χ4n) is 3.63. The van der Waals surface area contributed by atoms with Crippen molar-refractivity contribution in [2.45, 2.75) is 38.0 Å². The molecule has 2 aromatic carbocycles. The van der Waals surface area contributed by atoms with Gasteiger partial charge in [-0.15, -0.1) is 0 Å². The lowest BCUT2D eigenvalue weighted by molar-refractivity contribution is -0.127. The molecule has 1 aliphatic rings. The molecule has 1 aliphatic heterocycles. The van der Waals surface area contributed by atoms with Crippen LogP contribution >= 0.6 is 11.6 Å². The SMILES string of the molecule is O=C[C@H](CC1CCNC1=O)NC(=O)[C@H](Cc1ccccc1)NC(=O)OCc1cccc(Cl)c1. The number of carbonyl (C=O) groups excluding carboxylic acids is 4. The highest BCUT2D eigenvalue weighted by Gasteiger charge is 2.30. The van der Waals surface area contributed by atoms with E-state index in [2.05, 4.69) is 16.0 Å². The van der Waals surface area contributed by atoms with E-state index in [-0.39, 0.29) is 31.3 Å². The third kappa shape index (κ3) is 7.61. The van der Waals surface area contributed by atoms with Crippen molar-refractivity contribution >= 4 is 35.8 Å². The second kappa shape index (κ2) is 12.0. The first kappa shape index (κ1) is 24.3. The molecule has 8 nitrogen and oxygen atoms in total. The Balaban J connectivity index is 1.63. The summed E-state index contributed by atoms with van der Waals surface area (Å²) in [5.74, 6) is -0.989. The van der Waals surface area contributed by atoms with Gasteiger partial charge in [0.1, 0.15) is 18.9 Å². The number of rotatable bonds is 10. The quantitative estimate of drug-likeness (QED) is 0.460. The van der Waals surface area contributed by atoms with Gasteiger partial charge in [0, 0.05) is 23.9 Å². The summed E-state index contributed by atoms with van der Waals surface area (Å²) in [5, 5.41) is 8.46. The minimum atomic E-state index is -0.973. The molecule has 174 valence electrons. The molecule has 3 atom stereocenters. The largest absolute Gasteiger partial charge is 0.445 e. The van der Waals surface area contributed by atoms with E-state index in [4.69, 9.17) is 16.3 Å². The van der Waals surface area contributed by atoms with E-state index in [1.54, 1.807) is 24.3 Å². The Morgan fingerprint density at radius 2 is 1.88 bits per heavy atom. The Bertz CT molecular complexity index is 985. The maximum Gasteiger partial charge on any atom is 0.408 e. The van der Waals surface area contributed by atoms with Crippen LogP contribution in [0.1, 0.15) is 24.0 Å². The number of ether oxygens (including phenoxy) is 1. The minimum absolute atomic E-state index is 0.0141. The van der Waals surface area contributed by atoms with Gasteiger partial charge in [-0.05, 0) is 36.1 Å². The Labute approximate surface area is 197 Å². The number of hydrogen-bond donors (Lipinski definition) is 3. The fourth-order valence-corrected chi connectivity index (χ4v) is 3.84. The molecule has 1 fully saturated rings. The summed E-state index contributed by atoms with van der Waals surface area (Å²) in [6.45, 7) is 0.541. The molecule has 9 heteroatoms. The van der Waals surface area contributed by atoms with Crippen molar-refractivity contribution in [2.24, 2.45) is 5.92 Å². The number of amides is 3. The summed E-state index contributed by atoms with van der Waals surface area (Å²) in [6, 6.07) is 14.3. The molecule has 0 bridgehead atoms. The normalized spacial score (nSPS) is 16.9. The molecule has 3 N–H and O–H groups in total. The van der Waals surface area contributed by atoms with Crippen molar-refractivity contribution < 1.29 is 23.9 Å². The van der Waals surface area contributed by atoms with E-state index >= 15 is 0 Å². The summed E-state index contributed by atoms with van der Waals surface area (Å²) < 4.78 is 5.24. The van der Waals surface area contributed by atoms with Crippen LogP contribution in [0.5, 0.6) is 0 Å². The molecular formula is C24H26ClN3O5. The van der Waals surface area contributed by atoms with Gasteiger partial charge in [0.2, 0.25) is 11.8 Å². The Morgan fingerprint density at radius 3 is 2.55 bits per heavy atom. The third-order valence-corrected chi connectivity index (χ3v) is 5.58. The number of alkyl carbamates (subject to hydrolysis) is 1. The van der Waals surface area contributed by atoms with Crippen molar-refractivity contribution in [3.05, 3.63) is 70.7 Å². The van der Waals surface area contributed by atoms with E-state index in [0.717, 1.165) is 5.56 Å². The van der Waals surface area contributed by atoms with Gasteiger partial charge in [-0.3, -0.25) is 9.59 Å². The second-order valence-corrected chi connectivity index (χ2v) is 8.29. The van der Waals surface area contributed by atoms with Crippen molar-refractivity contribution in [1.29, 1.82) is 0 Å². The highest BCUT2D eigenvalue weighted by atomic mass is 35.5. The van der Waals surface area contributed by atoms with Gasteiger partial charge >= 0.3 is 6.09 Å². The molecular weight excluding hydrogens is 446 g/mol. The minimum Gasteiger partial charge on any atom is -0.445 e. The van der Waals surface area contributed by atoms with Crippen molar-refractivity contribution in [3.8, 4) is 0 Å². The van der Waals surface area contributed by atoms with E-state index < -0.39 is 24.1 Å². The first-order valence-electron chi connectivity index (χ1n) is 10.7. The molecule has 3 amide bonds. The molecule has 1 heterocycles. The van der Waals surface area contributed by atoms with E-state index in [0.29, 0.717) is 29.8 Å². The molecule has 0 saturated carbocycles. The van der Waals surface area contributed by atoms with Crippen LogP contribution in [0, 0.1) is 5.92 Å². The van der Waals surface area contributed by atoms with Gasteiger partial charge in [-0.25, -0.2) is 4.79 Å². The van der Waals surface area contributed by atoms with Crippen LogP contribution in [0.3, 0.4) is 0 Å². The number of nitrogens with one attached hydrogen (secondary N) is 3. The van der Waals surface area contributed by atoms with Gasteiger partial charge in [0.05, 0.1) is 6.04 Å². The van der Waals surface area contributed by atoms with Crippen LogP contribution in [0.4, 0.5) is 4.79 Å². The first-order chi connectivity index (χ1) is 15.9. The van der Waals surface area contributed by atoms with E-state index in [1.807, 2.05) is 30.3 Å². The zero-order valence-corrected chi connectivity index (χ0v) is 18.7. The molecule has 2 aromatic rings. The molecule has 1 unspecified atom stereocenters. The van der Waals surface area contributed by atoms with Crippen molar-refractivity contribution in [2.75, 3.05) is 6.54 Å². The number of carbonyl (C=O) groups is 4. The number of aldehydes is 1. The molecule has 0 aromatic heterocycles. The number of halogens is 1. The molecule has 33 heavy (non-hydrogen) atoms. The zero-order valence-electron chi connectivity index (χ0n) is 18.0. The highest BCUT2D eigenvalue weighted by molar-refractivity contribution is 6.30. The Hall–Kier alpha value is -3.39. The number of hydrogen-bond acceptors (Lipinski definition) is 5. The smallest absolute Gasteiger partial charge is 0.408 e. The average molecular weight is 472 g/mol. The van der Waals surface area contributed by atoms with Gasteiger partial charge in [0.25, 0.3) is 0 Å². The van der Waals surface area contributed by atoms with Gasteiger partial charge in [-0.1, -0.05) is 54.1 Å². The van der Waals surface area contributed by atoms with Crippen LogP contribution < -0.4 is 16.0 Å². The summed E-state index contributed by atoms with van der Waals surface area (Å²) in [4.78, 5) is 48.8. The lowest BCUT2D eigenvalue weighted by Crippen LogP contribution is -2.51. The predicted octanol–water partition coefficient (Wildman–Crippen LogP) is 2.39. The summed E-state index contributed by atoms with van der Waals surface area (Å²) >= 11 is 5.95. The van der Waals surface area contributed by atoms with Crippen LogP contribution in [-0.4, -0.2) is 42.8 Å². The van der Waals surface area contributed by atoms with E-state index in [1.165, 1.54) is 0 Å². The summed E-state index contributed by atoms with van der Waals surface area (Å²) in [7, 11) is 0. The first-order valence-corrected chi connectivity index (χ1v) is 11.1. The average Bonchev–Trinajstić information content (AvgIpc) is 3.21. The molecule has 3 rings (SSSR count). The van der Waals surface area contributed by atoms with Gasteiger partial charge in [-0.2, -0.15) is 0 Å². The summed E-state index contributed by atoms with van der Waals surface area (Å²) in [5.41, 5.74) is 1.53. The monoisotopic (exact) mass is 471 g/mol. The number of benzene rings is 2. The lowest BCUT2D eigenvalue weighted by atomic mass is 9.98. The van der Waals surface area contributed by atoms with Crippen molar-refractivity contribution in [3.63, 3.8) is 0 Å². The highest BCUT2D eigenvalue weighted by Crippen LogP contribution is 2.16. The predicted molar refractivity (Wildman–Crippen MR) is 122 cm³/mol. The van der Waals surface area contributed by atoms with Crippen LogP contribution in [-0.2, 0) is 32.1 Å². The van der Waals surface area contributed by atoms with Crippen molar-refractivity contribution in [1.82, 2.24) is 16.0 Å². The summed E-state index contributed by atoms with van der Waals surface area (Å²) in [6.07, 6.45) is 0.859.